The van der Waals surface area contributed by atoms with E-state index in [1.807, 2.05) is 0 Å². The third kappa shape index (κ3) is 5.82. The van der Waals surface area contributed by atoms with E-state index in [4.69, 9.17) is 16.3 Å². The molecule has 0 spiro atoms. The van der Waals surface area contributed by atoms with Crippen LogP contribution in [0.3, 0.4) is 0 Å². The van der Waals surface area contributed by atoms with Crippen LogP contribution in [0.4, 0.5) is 5.69 Å². The van der Waals surface area contributed by atoms with E-state index in [1.54, 1.807) is 30.3 Å². The number of Topliss-reactive ketones (excluding diaryl/α,β-unsaturated/α-hetero) is 1. The molecule has 0 aliphatic rings. The summed E-state index contributed by atoms with van der Waals surface area (Å²) in [5.74, 6) is -0.869. The average Bonchev–Trinajstić information content (AvgIpc) is 2.61. The molecule has 0 heterocycles. The summed E-state index contributed by atoms with van der Waals surface area (Å²) in [5, 5.41) is 11.4. The molecule has 0 saturated heterocycles. The molecule has 6 nitrogen and oxygen atoms in total. The second kappa shape index (κ2) is 8.92. The Kier molecular flexibility index (Phi) is 6.63. The van der Waals surface area contributed by atoms with E-state index in [-0.39, 0.29) is 30.1 Å². The minimum absolute atomic E-state index is 0.0675. The fraction of sp³-hybridized carbons (Fsp3) is 0.158. The van der Waals surface area contributed by atoms with Crippen LogP contribution in [0.15, 0.2) is 54.1 Å². The van der Waals surface area contributed by atoms with Crippen LogP contribution in [-0.2, 0) is 20.9 Å². The number of benzene rings is 2. The van der Waals surface area contributed by atoms with Crippen molar-refractivity contribution < 1.29 is 19.2 Å². The minimum Gasteiger partial charge on any atom is -0.461 e. The van der Waals surface area contributed by atoms with Crippen molar-refractivity contribution in [3.8, 4) is 0 Å². The lowest BCUT2D eigenvalue weighted by atomic mass is 10.0. The van der Waals surface area contributed by atoms with Crippen LogP contribution in [0.1, 0.15) is 24.5 Å². The third-order valence-corrected chi connectivity index (χ3v) is 3.77. The third-order valence-electron chi connectivity index (χ3n) is 3.52. The Hall–Kier alpha value is -2.99. The maximum Gasteiger partial charge on any atom is 0.310 e. The predicted octanol–water partition coefficient (Wildman–Crippen LogP) is 4.35. The Morgan fingerprint density at radius 2 is 1.88 bits per heavy atom. The number of hydrogen-bond donors (Lipinski definition) is 0. The lowest BCUT2D eigenvalue weighted by Gasteiger charge is -2.07. The molecule has 2 aromatic rings. The van der Waals surface area contributed by atoms with Crippen molar-refractivity contribution in [2.45, 2.75) is 20.0 Å². The summed E-state index contributed by atoms with van der Waals surface area (Å²) in [5.41, 5.74) is 1.36. The molecule has 26 heavy (non-hydrogen) atoms. The first-order valence-electron chi connectivity index (χ1n) is 7.71. The number of ether oxygens (including phenoxy) is 1. The van der Waals surface area contributed by atoms with Crippen LogP contribution in [0, 0.1) is 10.1 Å². The van der Waals surface area contributed by atoms with Crippen molar-refractivity contribution >= 4 is 35.1 Å². The Bertz CT molecular complexity index is 858. The van der Waals surface area contributed by atoms with Crippen LogP contribution in [0.25, 0.3) is 6.08 Å². The van der Waals surface area contributed by atoms with Crippen LogP contribution in [0.5, 0.6) is 0 Å². The number of ketones is 1. The van der Waals surface area contributed by atoms with E-state index in [0.717, 1.165) is 5.56 Å². The highest BCUT2D eigenvalue weighted by Gasteiger charge is 2.13. The molecule has 0 atom stereocenters. The van der Waals surface area contributed by atoms with Crippen LogP contribution >= 0.6 is 11.6 Å². The summed E-state index contributed by atoms with van der Waals surface area (Å²) in [7, 11) is 0. The van der Waals surface area contributed by atoms with Gasteiger partial charge in [-0.15, -0.1) is 0 Å². The molecule has 0 aromatic heterocycles. The van der Waals surface area contributed by atoms with Gasteiger partial charge >= 0.3 is 5.97 Å². The summed E-state index contributed by atoms with van der Waals surface area (Å²) in [6.07, 6.45) is 1.24. The zero-order chi connectivity index (χ0) is 19.1. The molecule has 2 rings (SSSR count). The summed E-state index contributed by atoms with van der Waals surface area (Å²) in [4.78, 5) is 34.1. The second-order valence-corrected chi connectivity index (χ2v) is 5.98. The van der Waals surface area contributed by atoms with E-state index < -0.39 is 10.9 Å². The zero-order valence-corrected chi connectivity index (χ0v) is 14.7. The highest BCUT2D eigenvalue weighted by Crippen LogP contribution is 2.18. The monoisotopic (exact) mass is 373 g/mol. The fourth-order valence-corrected chi connectivity index (χ4v) is 2.28. The number of esters is 1. The number of non-ortho nitro benzene ring substituents is 1. The molecule has 0 aliphatic heterocycles. The van der Waals surface area contributed by atoms with Crippen molar-refractivity contribution in [3.05, 3.63) is 80.4 Å². The molecule has 0 unspecified atom stereocenters. The molecule has 0 N–H and O–H groups in total. The number of nitro groups is 1. The van der Waals surface area contributed by atoms with Crippen molar-refractivity contribution in [2.75, 3.05) is 0 Å². The van der Waals surface area contributed by atoms with E-state index in [0.29, 0.717) is 10.6 Å². The van der Waals surface area contributed by atoms with Gasteiger partial charge in [-0.05, 0) is 36.3 Å². The van der Waals surface area contributed by atoms with E-state index >= 15 is 0 Å². The second-order valence-electron chi connectivity index (χ2n) is 5.54. The molecular weight excluding hydrogens is 358 g/mol. The molecule has 2 aromatic carbocycles. The van der Waals surface area contributed by atoms with Gasteiger partial charge in [0, 0.05) is 22.7 Å². The molecule has 0 aliphatic carbocycles. The van der Waals surface area contributed by atoms with Gasteiger partial charge in [-0.3, -0.25) is 19.7 Å². The Morgan fingerprint density at radius 3 is 2.50 bits per heavy atom. The number of nitrogens with zero attached hydrogens (tertiary/aromatic N) is 1. The molecule has 0 saturated carbocycles. The van der Waals surface area contributed by atoms with E-state index in [1.165, 1.54) is 31.2 Å². The number of rotatable bonds is 7. The summed E-state index contributed by atoms with van der Waals surface area (Å²) in [6.45, 7) is 1.40. The zero-order valence-electron chi connectivity index (χ0n) is 14.0. The van der Waals surface area contributed by atoms with Gasteiger partial charge in [-0.2, -0.15) is 0 Å². The first kappa shape index (κ1) is 19.3. The van der Waals surface area contributed by atoms with Gasteiger partial charge in [0.1, 0.15) is 6.61 Å². The molecule has 134 valence electrons. The van der Waals surface area contributed by atoms with Gasteiger partial charge in [0.2, 0.25) is 0 Å². The standard InChI is InChI=1S/C19H16ClNO5/c1-13(22)16(9-15-3-2-4-18(10-15)21(24)25)11-19(23)26-12-14-5-7-17(20)8-6-14/h2-10H,11-12H2,1H3. The van der Waals surface area contributed by atoms with E-state index in [9.17, 15) is 19.7 Å². The van der Waals surface area contributed by atoms with E-state index in [2.05, 4.69) is 0 Å². The smallest absolute Gasteiger partial charge is 0.310 e. The maximum atomic E-state index is 12.0. The van der Waals surface area contributed by atoms with Gasteiger partial charge in [-0.25, -0.2) is 0 Å². The average molecular weight is 374 g/mol. The highest BCUT2D eigenvalue weighted by molar-refractivity contribution is 6.30. The first-order valence-corrected chi connectivity index (χ1v) is 8.09. The highest BCUT2D eigenvalue weighted by atomic mass is 35.5. The number of halogens is 1. The van der Waals surface area contributed by atoms with Gasteiger partial charge in [0.05, 0.1) is 11.3 Å². The number of nitro benzene ring substituents is 1. The van der Waals surface area contributed by atoms with Crippen LogP contribution < -0.4 is 0 Å². The van der Waals surface area contributed by atoms with Gasteiger partial charge in [0.25, 0.3) is 5.69 Å². The Morgan fingerprint density at radius 1 is 1.19 bits per heavy atom. The maximum absolute atomic E-state index is 12.0. The molecular formula is C19H16ClNO5. The Balaban J connectivity index is 2.06. The normalized spacial score (nSPS) is 11.1. The lowest BCUT2D eigenvalue weighted by molar-refractivity contribution is -0.384. The fourth-order valence-electron chi connectivity index (χ4n) is 2.16. The Labute approximate surface area is 155 Å². The van der Waals surface area contributed by atoms with Crippen LogP contribution in [0.2, 0.25) is 5.02 Å². The number of hydrogen-bond acceptors (Lipinski definition) is 5. The SMILES string of the molecule is CC(=O)C(=Cc1cccc([N+](=O)[O-])c1)CC(=O)OCc1ccc(Cl)cc1. The molecule has 7 heteroatoms. The van der Waals surface area contributed by atoms with Gasteiger partial charge in [0.15, 0.2) is 5.78 Å². The molecule has 0 amide bonds. The molecule has 0 bridgehead atoms. The number of carbonyl (C=O) groups excluding carboxylic acids is 2. The largest absolute Gasteiger partial charge is 0.461 e. The molecule has 0 fully saturated rings. The molecule has 0 radical (unpaired) electrons. The van der Waals surface area contributed by atoms with Crippen LogP contribution in [-0.4, -0.2) is 16.7 Å². The lowest BCUT2D eigenvalue weighted by Crippen LogP contribution is -2.09. The van der Waals surface area contributed by atoms with Crippen molar-refractivity contribution in [1.29, 1.82) is 0 Å². The summed E-state index contributed by atoms with van der Waals surface area (Å²) >= 11 is 5.79. The minimum atomic E-state index is -0.563. The van der Waals surface area contributed by atoms with Gasteiger partial charge < -0.3 is 4.74 Å². The summed E-state index contributed by atoms with van der Waals surface area (Å²) in [6, 6.07) is 12.7. The summed E-state index contributed by atoms with van der Waals surface area (Å²) < 4.78 is 5.16. The first-order chi connectivity index (χ1) is 12.3. The van der Waals surface area contributed by atoms with Gasteiger partial charge in [-0.1, -0.05) is 35.9 Å². The topological polar surface area (TPSA) is 86.5 Å². The van der Waals surface area contributed by atoms with Crippen molar-refractivity contribution in [3.63, 3.8) is 0 Å². The van der Waals surface area contributed by atoms with Crippen molar-refractivity contribution in [2.24, 2.45) is 0 Å². The predicted molar refractivity (Wildman–Crippen MR) is 97.6 cm³/mol. The van der Waals surface area contributed by atoms with Crippen molar-refractivity contribution in [1.82, 2.24) is 0 Å². The number of carbonyl (C=O) groups is 2. The quantitative estimate of drug-likeness (QED) is 0.311.